The van der Waals surface area contributed by atoms with Crippen LogP contribution in [0.25, 0.3) is 10.9 Å². The highest BCUT2D eigenvalue weighted by Gasteiger charge is 2.09. The van der Waals surface area contributed by atoms with Gasteiger partial charge in [-0.1, -0.05) is 18.2 Å². The van der Waals surface area contributed by atoms with Crippen molar-refractivity contribution in [3.05, 3.63) is 48.3 Å². The van der Waals surface area contributed by atoms with Crippen LogP contribution in [0.2, 0.25) is 0 Å². The van der Waals surface area contributed by atoms with Gasteiger partial charge in [-0.15, -0.1) is 0 Å². The molecule has 2 aromatic heterocycles. The van der Waals surface area contributed by atoms with Crippen molar-refractivity contribution >= 4 is 22.4 Å². The van der Waals surface area contributed by atoms with E-state index in [1.807, 2.05) is 43.6 Å². The van der Waals surface area contributed by atoms with Crippen LogP contribution in [0, 0.1) is 11.3 Å². The average molecular weight is 249 g/mol. The molecule has 0 aliphatic carbocycles. The van der Waals surface area contributed by atoms with Crippen LogP contribution in [0.5, 0.6) is 0 Å². The third kappa shape index (κ3) is 2.00. The highest BCUT2D eigenvalue weighted by molar-refractivity contribution is 5.95. The first-order chi connectivity index (χ1) is 9.28. The van der Waals surface area contributed by atoms with E-state index in [2.05, 4.69) is 21.5 Å². The molecule has 0 unspecified atom stereocenters. The number of aromatic nitrogens is 3. The summed E-state index contributed by atoms with van der Waals surface area (Å²) < 4.78 is 1.71. The van der Waals surface area contributed by atoms with Gasteiger partial charge >= 0.3 is 0 Å². The number of hydrogen-bond donors (Lipinski definition) is 1. The Morgan fingerprint density at radius 2 is 2.11 bits per heavy atom. The molecule has 0 fully saturated rings. The number of nitriles is 1. The van der Waals surface area contributed by atoms with E-state index in [1.54, 1.807) is 10.9 Å². The Bertz CT molecular complexity index is 782. The van der Waals surface area contributed by atoms with Crippen LogP contribution in [0.4, 0.5) is 11.5 Å². The molecule has 1 N–H and O–H groups in total. The number of hydrogen-bond acceptors (Lipinski definition) is 4. The lowest BCUT2D eigenvalue weighted by Gasteiger charge is -2.08. The smallest absolute Gasteiger partial charge is 0.152 e. The van der Waals surface area contributed by atoms with Crippen LogP contribution in [0.15, 0.2) is 42.7 Å². The summed E-state index contributed by atoms with van der Waals surface area (Å²) in [6.07, 6.45) is 3.42. The van der Waals surface area contributed by atoms with Gasteiger partial charge in [-0.3, -0.25) is 9.67 Å². The van der Waals surface area contributed by atoms with Crippen molar-refractivity contribution in [1.29, 1.82) is 5.26 Å². The van der Waals surface area contributed by atoms with Crippen molar-refractivity contribution in [2.75, 3.05) is 5.32 Å². The molecule has 1 aromatic carbocycles. The minimum atomic E-state index is 0.504. The highest BCUT2D eigenvalue weighted by Crippen LogP contribution is 2.27. The second kappa shape index (κ2) is 4.42. The number of anilines is 2. The molecule has 0 aliphatic rings. The van der Waals surface area contributed by atoms with E-state index in [-0.39, 0.29) is 0 Å². The van der Waals surface area contributed by atoms with Gasteiger partial charge in [0.25, 0.3) is 0 Å². The van der Waals surface area contributed by atoms with Gasteiger partial charge in [0.05, 0.1) is 16.8 Å². The molecule has 0 amide bonds. The maximum atomic E-state index is 9.21. The number of nitrogens with one attached hydrogen (secondary N) is 1. The number of benzene rings is 1. The van der Waals surface area contributed by atoms with Crippen molar-refractivity contribution in [2.24, 2.45) is 7.05 Å². The Balaban J connectivity index is 2.17. The summed E-state index contributed by atoms with van der Waals surface area (Å²) in [5.41, 5.74) is 2.09. The fourth-order valence-electron chi connectivity index (χ4n) is 1.97. The van der Waals surface area contributed by atoms with Crippen LogP contribution in [-0.4, -0.2) is 14.8 Å². The Morgan fingerprint density at radius 1 is 1.26 bits per heavy atom. The van der Waals surface area contributed by atoms with E-state index in [9.17, 15) is 5.26 Å². The van der Waals surface area contributed by atoms with Gasteiger partial charge in [0, 0.05) is 30.9 Å². The van der Waals surface area contributed by atoms with Crippen LogP contribution in [-0.2, 0) is 7.05 Å². The van der Waals surface area contributed by atoms with Gasteiger partial charge in [-0.05, 0) is 6.07 Å². The number of rotatable bonds is 2. The minimum Gasteiger partial charge on any atom is -0.337 e. The Kier molecular flexibility index (Phi) is 2.62. The molecule has 0 bridgehead atoms. The van der Waals surface area contributed by atoms with Gasteiger partial charge in [-0.2, -0.15) is 10.4 Å². The monoisotopic (exact) mass is 249 g/mol. The Hall–Kier alpha value is -2.87. The molecule has 3 rings (SSSR count). The molecule has 0 spiro atoms. The van der Waals surface area contributed by atoms with Gasteiger partial charge in [0.1, 0.15) is 6.07 Å². The number of nitrogens with zero attached hydrogens (tertiary/aromatic N) is 4. The first kappa shape index (κ1) is 11.2. The fourth-order valence-corrected chi connectivity index (χ4v) is 1.97. The predicted octanol–water partition coefficient (Wildman–Crippen LogP) is 2.58. The summed E-state index contributed by atoms with van der Waals surface area (Å²) in [4.78, 5) is 4.27. The molecule has 19 heavy (non-hydrogen) atoms. The molecule has 0 saturated carbocycles. The van der Waals surface area contributed by atoms with Crippen molar-refractivity contribution in [2.45, 2.75) is 0 Å². The quantitative estimate of drug-likeness (QED) is 0.758. The highest BCUT2D eigenvalue weighted by atomic mass is 15.3. The third-order valence-corrected chi connectivity index (χ3v) is 2.86. The predicted molar refractivity (Wildman–Crippen MR) is 72.9 cm³/mol. The molecule has 0 radical (unpaired) electrons. The SMILES string of the molecule is Cn1ccc(Nc2c(C#N)cnc3ccccc23)n1. The van der Waals surface area contributed by atoms with Crippen LogP contribution in [0.1, 0.15) is 5.56 Å². The first-order valence-corrected chi connectivity index (χ1v) is 5.82. The van der Waals surface area contributed by atoms with E-state index in [4.69, 9.17) is 0 Å². The van der Waals surface area contributed by atoms with E-state index < -0.39 is 0 Å². The molecule has 2 heterocycles. The second-order valence-electron chi connectivity index (χ2n) is 4.18. The lowest BCUT2D eigenvalue weighted by Crippen LogP contribution is -1.98. The lowest BCUT2D eigenvalue weighted by atomic mass is 10.1. The molecular weight excluding hydrogens is 238 g/mol. The molecule has 0 saturated heterocycles. The molecular formula is C14H11N5. The van der Waals surface area contributed by atoms with Gasteiger partial charge < -0.3 is 5.32 Å². The normalized spacial score (nSPS) is 10.3. The topological polar surface area (TPSA) is 66.5 Å². The summed E-state index contributed by atoms with van der Waals surface area (Å²) in [5.74, 6) is 0.704. The van der Waals surface area contributed by atoms with E-state index in [0.717, 1.165) is 16.6 Å². The van der Waals surface area contributed by atoms with E-state index >= 15 is 0 Å². The van der Waals surface area contributed by atoms with Crippen LogP contribution >= 0.6 is 0 Å². The maximum Gasteiger partial charge on any atom is 0.152 e. The summed E-state index contributed by atoms with van der Waals surface area (Å²) in [6, 6.07) is 11.7. The summed E-state index contributed by atoms with van der Waals surface area (Å²) in [7, 11) is 1.85. The first-order valence-electron chi connectivity index (χ1n) is 5.82. The number of fused-ring (bicyclic) bond motifs is 1. The number of aryl methyl sites for hydroxylation is 1. The molecule has 5 nitrogen and oxygen atoms in total. The summed E-state index contributed by atoms with van der Waals surface area (Å²) >= 11 is 0. The Labute approximate surface area is 110 Å². The molecule has 92 valence electrons. The zero-order valence-electron chi connectivity index (χ0n) is 10.3. The Morgan fingerprint density at radius 3 is 2.84 bits per heavy atom. The second-order valence-corrected chi connectivity index (χ2v) is 4.18. The van der Waals surface area contributed by atoms with Crippen molar-refractivity contribution in [3.63, 3.8) is 0 Å². The number of para-hydroxylation sites is 1. The summed E-state index contributed by atoms with van der Waals surface area (Å²) in [5, 5.41) is 17.6. The zero-order chi connectivity index (χ0) is 13.2. The van der Waals surface area contributed by atoms with Gasteiger partial charge in [0.2, 0.25) is 0 Å². The zero-order valence-corrected chi connectivity index (χ0v) is 10.3. The average Bonchev–Trinajstić information content (AvgIpc) is 2.85. The van der Waals surface area contributed by atoms with Gasteiger partial charge in [-0.25, -0.2) is 0 Å². The van der Waals surface area contributed by atoms with E-state index in [1.165, 1.54) is 0 Å². The van der Waals surface area contributed by atoms with Gasteiger partial charge in [0.15, 0.2) is 5.82 Å². The summed E-state index contributed by atoms with van der Waals surface area (Å²) in [6.45, 7) is 0. The molecule has 0 atom stereocenters. The number of pyridine rings is 1. The molecule has 0 aliphatic heterocycles. The third-order valence-electron chi connectivity index (χ3n) is 2.86. The largest absolute Gasteiger partial charge is 0.337 e. The van der Waals surface area contributed by atoms with Crippen LogP contribution < -0.4 is 5.32 Å². The lowest BCUT2D eigenvalue weighted by molar-refractivity contribution is 0.771. The maximum absolute atomic E-state index is 9.21. The minimum absolute atomic E-state index is 0.504. The van der Waals surface area contributed by atoms with Crippen molar-refractivity contribution in [3.8, 4) is 6.07 Å². The van der Waals surface area contributed by atoms with E-state index in [0.29, 0.717) is 11.4 Å². The molecule has 3 aromatic rings. The van der Waals surface area contributed by atoms with Crippen molar-refractivity contribution < 1.29 is 0 Å². The van der Waals surface area contributed by atoms with Crippen LogP contribution in [0.3, 0.4) is 0 Å². The fraction of sp³-hybridized carbons (Fsp3) is 0.0714. The molecule has 5 heteroatoms. The van der Waals surface area contributed by atoms with Crippen molar-refractivity contribution in [1.82, 2.24) is 14.8 Å². The standard InChI is InChI=1S/C14H11N5/c1-19-7-6-13(18-19)17-14-10(8-15)9-16-12-5-3-2-4-11(12)14/h2-7,9H,1H3,(H,16,17,18).